The van der Waals surface area contributed by atoms with Crippen molar-refractivity contribution in [3.05, 3.63) is 36.5 Å². The van der Waals surface area contributed by atoms with Crippen molar-refractivity contribution in [2.45, 2.75) is 38.1 Å². The van der Waals surface area contributed by atoms with Crippen LogP contribution >= 0.6 is 0 Å². The Hall–Kier alpha value is -2.70. The van der Waals surface area contributed by atoms with Crippen LogP contribution in [0, 0.1) is 11.8 Å². The predicted molar refractivity (Wildman–Crippen MR) is 104 cm³/mol. The van der Waals surface area contributed by atoms with Crippen molar-refractivity contribution >= 4 is 23.4 Å². The summed E-state index contributed by atoms with van der Waals surface area (Å²) in [4.78, 5) is 32.2. The van der Waals surface area contributed by atoms with Crippen LogP contribution in [0.3, 0.4) is 0 Å². The van der Waals surface area contributed by atoms with Crippen molar-refractivity contribution in [1.29, 1.82) is 0 Å². The number of carboxylic acids is 1. The lowest BCUT2D eigenvalue weighted by Crippen LogP contribution is -2.40. The molecule has 0 fully saturated rings. The molecule has 3 N–H and O–H groups in total. The molecular formula is C20H26N4O3. The Kier molecular flexibility index (Phi) is 6.57. The third-order valence-electron chi connectivity index (χ3n) is 5.10. The minimum Gasteiger partial charge on any atom is -0.481 e. The highest BCUT2D eigenvalue weighted by atomic mass is 16.4. The summed E-state index contributed by atoms with van der Waals surface area (Å²) in [6, 6.07) is 5.33. The molecule has 144 valence electrons. The zero-order valence-electron chi connectivity index (χ0n) is 15.3. The fourth-order valence-electron chi connectivity index (χ4n) is 3.74. The van der Waals surface area contributed by atoms with Gasteiger partial charge in [-0.2, -0.15) is 0 Å². The molecule has 2 heterocycles. The van der Waals surface area contributed by atoms with E-state index < -0.39 is 5.97 Å². The summed E-state index contributed by atoms with van der Waals surface area (Å²) >= 11 is 0. The van der Waals surface area contributed by atoms with Gasteiger partial charge in [-0.3, -0.25) is 14.6 Å². The zero-order chi connectivity index (χ0) is 19.1. The number of carbonyl (C=O) groups is 2. The number of hydrogen-bond acceptors (Lipinski definition) is 5. The third kappa shape index (κ3) is 5.39. The number of carboxylic acid groups (broad SMARTS) is 1. The Morgan fingerprint density at radius 3 is 2.89 bits per heavy atom. The first-order valence-corrected chi connectivity index (χ1v) is 9.52. The standard InChI is InChI=1S/C20H26N4O3/c25-19(26)13-14-5-3-6-16-15(14)8-9-17(24-16)20(27)23-12-4-11-22-18-7-1-2-10-21-18/h1-3,6-7,10,14-15,17H,4-5,8-9,11-13H2,(H,21,22)(H,23,27)(H,25,26). The number of anilines is 1. The first-order chi connectivity index (χ1) is 13.1. The van der Waals surface area contributed by atoms with Crippen molar-refractivity contribution in [2.24, 2.45) is 16.8 Å². The van der Waals surface area contributed by atoms with Crippen molar-refractivity contribution < 1.29 is 14.7 Å². The molecule has 1 amide bonds. The summed E-state index contributed by atoms with van der Waals surface area (Å²) in [7, 11) is 0. The number of carbonyl (C=O) groups excluding carboxylic acids is 1. The Balaban J connectivity index is 1.43. The predicted octanol–water partition coefficient (Wildman–Crippen LogP) is 2.27. The van der Waals surface area contributed by atoms with E-state index in [2.05, 4.69) is 20.6 Å². The number of hydrogen-bond donors (Lipinski definition) is 3. The maximum Gasteiger partial charge on any atom is 0.303 e. The number of nitrogens with zero attached hydrogens (tertiary/aromatic N) is 2. The van der Waals surface area contributed by atoms with Gasteiger partial charge < -0.3 is 15.7 Å². The zero-order valence-corrected chi connectivity index (χ0v) is 15.3. The number of aromatic nitrogens is 1. The summed E-state index contributed by atoms with van der Waals surface area (Å²) in [5.74, 6) is 0.264. The van der Waals surface area contributed by atoms with Crippen LogP contribution in [0.15, 0.2) is 41.5 Å². The topological polar surface area (TPSA) is 104 Å². The van der Waals surface area contributed by atoms with Gasteiger partial charge in [0.05, 0.1) is 0 Å². The van der Waals surface area contributed by atoms with Gasteiger partial charge in [-0.15, -0.1) is 0 Å². The smallest absolute Gasteiger partial charge is 0.303 e. The largest absolute Gasteiger partial charge is 0.481 e. The van der Waals surface area contributed by atoms with E-state index in [0.29, 0.717) is 13.0 Å². The van der Waals surface area contributed by atoms with Gasteiger partial charge >= 0.3 is 5.97 Å². The van der Waals surface area contributed by atoms with Gasteiger partial charge in [0.2, 0.25) is 5.91 Å². The average Bonchev–Trinajstić information content (AvgIpc) is 2.68. The normalized spacial score (nSPS) is 23.9. The molecule has 1 aliphatic heterocycles. The van der Waals surface area contributed by atoms with Crippen LogP contribution in [-0.4, -0.2) is 46.8 Å². The third-order valence-corrected chi connectivity index (χ3v) is 5.10. The summed E-state index contributed by atoms with van der Waals surface area (Å²) in [6.45, 7) is 1.32. The molecule has 0 aromatic carbocycles. The summed E-state index contributed by atoms with van der Waals surface area (Å²) in [5.41, 5.74) is 0.885. The highest BCUT2D eigenvalue weighted by molar-refractivity contribution is 6.00. The maximum atomic E-state index is 12.4. The molecule has 3 unspecified atom stereocenters. The van der Waals surface area contributed by atoms with E-state index in [9.17, 15) is 9.59 Å². The van der Waals surface area contributed by atoms with Crippen LogP contribution in [-0.2, 0) is 9.59 Å². The lowest BCUT2D eigenvalue weighted by molar-refractivity contribution is -0.138. The molecule has 0 bridgehead atoms. The van der Waals surface area contributed by atoms with E-state index in [1.165, 1.54) is 0 Å². The van der Waals surface area contributed by atoms with Gasteiger partial charge in [0.1, 0.15) is 11.9 Å². The van der Waals surface area contributed by atoms with Crippen molar-refractivity contribution in [3.63, 3.8) is 0 Å². The molecular weight excluding hydrogens is 344 g/mol. The number of aliphatic carboxylic acids is 1. The SMILES string of the molecule is O=C(O)CC1CC=CC2=NC(C(=O)NCCCNc3ccccn3)CCC21. The van der Waals surface area contributed by atoms with Gasteiger partial charge in [0, 0.05) is 37.3 Å². The van der Waals surface area contributed by atoms with Gasteiger partial charge in [-0.1, -0.05) is 12.1 Å². The molecule has 3 atom stereocenters. The van der Waals surface area contributed by atoms with Crippen LogP contribution in [0.4, 0.5) is 5.82 Å². The first-order valence-electron chi connectivity index (χ1n) is 9.52. The van der Waals surface area contributed by atoms with E-state index in [1.807, 2.05) is 30.4 Å². The van der Waals surface area contributed by atoms with Gasteiger partial charge in [-0.25, -0.2) is 4.98 Å². The molecule has 0 radical (unpaired) electrons. The quantitative estimate of drug-likeness (QED) is 0.609. The Labute approximate surface area is 159 Å². The summed E-state index contributed by atoms with van der Waals surface area (Å²) in [6.07, 6.45) is 8.90. The highest BCUT2D eigenvalue weighted by Gasteiger charge is 2.34. The number of rotatable bonds is 8. The number of pyridine rings is 1. The number of amides is 1. The van der Waals surface area contributed by atoms with Gasteiger partial charge in [-0.05, 0) is 49.8 Å². The number of nitrogens with one attached hydrogen (secondary N) is 2. The van der Waals surface area contributed by atoms with Gasteiger partial charge in [0.25, 0.3) is 0 Å². The van der Waals surface area contributed by atoms with Crippen LogP contribution in [0.1, 0.15) is 32.1 Å². The number of allylic oxidation sites excluding steroid dienone is 2. The molecule has 1 aliphatic carbocycles. The fraction of sp³-hybridized carbons (Fsp3) is 0.500. The van der Waals surface area contributed by atoms with Crippen molar-refractivity contribution in [3.8, 4) is 0 Å². The van der Waals surface area contributed by atoms with Crippen molar-refractivity contribution in [2.75, 3.05) is 18.4 Å². The minimum absolute atomic E-state index is 0.0486. The monoisotopic (exact) mass is 370 g/mol. The van der Waals surface area contributed by atoms with E-state index in [1.54, 1.807) is 6.20 Å². The van der Waals surface area contributed by atoms with E-state index in [-0.39, 0.29) is 30.2 Å². The molecule has 27 heavy (non-hydrogen) atoms. The molecule has 0 saturated heterocycles. The lowest BCUT2D eigenvalue weighted by atomic mass is 9.75. The Bertz CT molecular complexity index is 717. The molecule has 0 saturated carbocycles. The van der Waals surface area contributed by atoms with E-state index in [4.69, 9.17) is 5.11 Å². The minimum atomic E-state index is -0.770. The second-order valence-corrected chi connectivity index (χ2v) is 7.04. The summed E-state index contributed by atoms with van der Waals surface area (Å²) < 4.78 is 0. The molecule has 3 rings (SSSR count). The molecule has 2 aliphatic rings. The van der Waals surface area contributed by atoms with Gasteiger partial charge in [0.15, 0.2) is 0 Å². The second-order valence-electron chi connectivity index (χ2n) is 7.04. The molecule has 7 heteroatoms. The van der Waals surface area contributed by atoms with Crippen LogP contribution in [0.2, 0.25) is 0 Å². The van der Waals surface area contributed by atoms with Crippen LogP contribution in [0.5, 0.6) is 0 Å². The fourth-order valence-corrected chi connectivity index (χ4v) is 3.74. The number of aliphatic imine (C=N–C) groups is 1. The van der Waals surface area contributed by atoms with E-state index >= 15 is 0 Å². The highest BCUT2D eigenvalue weighted by Crippen LogP contribution is 2.34. The molecule has 7 nitrogen and oxygen atoms in total. The van der Waals surface area contributed by atoms with E-state index in [0.717, 1.165) is 37.3 Å². The average molecular weight is 370 g/mol. The molecule has 1 aromatic rings. The Morgan fingerprint density at radius 2 is 2.11 bits per heavy atom. The Morgan fingerprint density at radius 1 is 1.22 bits per heavy atom. The van der Waals surface area contributed by atoms with Crippen molar-refractivity contribution in [1.82, 2.24) is 10.3 Å². The lowest BCUT2D eigenvalue weighted by Gasteiger charge is -2.33. The first kappa shape index (κ1) is 19.1. The molecule has 1 aromatic heterocycles. The molecule has 0 spiro atoms. The number of fused-ring (bicyclic) bond motifs is 1. The van der Waals surface area contributed by atoms with Crippen LogP contribution < -0.4 is 10.6 Å². The second kappa shape index (κ2) is 9.30. The summed E-state index contributed by atoms with van der Waals surface area (Å²) in [5, 5.41) is 15.2. The van der Waals surface area contributed by atoms with Crippen LogP contribution in [0.25, 0.3) is 0 Å². The maximum absolute atomic E-state index is 12.4.